The Kier molecular flexibility index (Phi) is 5.25. The summed E-state index contributed by atoms with van der Waals surface area (Å²) in [4.78, 5) is 28.1. The molecule has 5 nitrogen and oxygen atoms in total. The van der Waals surface area contributed by atoms with Crippen LogP contribution in [0.3, 0.4) is 0 Å². The van der Waals surface area contributed by atoms with Crippen molar-refractivity contribution in [2.24, 2.45) is 0 Å². The highest BCUT2D eigenvalue weighted by Gasteiger charge is 2.15. The third-order valence-corrected chi connectivity index (χ3v) is 4.82. The van der Waals surface area contributed by atoms with E-state index < -0.39 is 0 Å². The minimum absolute atomic E-state index is 0.124. The lowest BCUT2D eigenvalue weighted by Gasteiger charge is -2.16. The molecule has 1 N–H and O–H groups in total. The summed E-state index contributed by atoms with van der Waals surface area (Å²) in [5.74, 6) is -0.476. The highest BCUT2D eigenvalue weighted by molar-refractivity contribution is 7.14. The SMILES string of the molecule is CCOC(=O)Cc1csc(NC(=O)c2ccc3c(c2)CCCC3)n1. The first-order valence-corrected chi connectivity index (χ1v) is 9.07. The van der Waals surface area contributed by atoms with E-state index in [1.54, 1.807) is 12.3 Å². The second kappa shape index (κ2) is 7.57. The van der Waals surface area contributed by atoms with Gasteiger partial charge in [-0.3, -0.25) is 14.9 Å². The maximum atomic E-state index is 12.4. The second-order valence-corrected chi connectivity index (χ2v) is 6.63. The molecule has 0 saturated heterocycles. The molecule has 0 unspecified atom stereocenters. The number of hydrogen-bond acceptors (Lipinski definition) is 5. The molecule has 2 aromatic rings. The van der Waals surface area contributed by atoms with Crippen LogP contribution in [0.25, 0.3) is 0 Å². The Bertz CT molecular complexity index is 754. The molecule has 3 rings (SSSR count). The topological polar surface area (TPSA) is 68.3 Å². The zero-order valence-corrected chi connectivity index (χ0v) is 14.4. The molecular weight excluding hydrogens is 324 g/mol. The van der Waals surface area contributed by atoms with Crippen LogP contribution in [-0.4, -0.2) is 23.5 Å². The van der Waals surface area contributed by atoms with E-state index >= 15 is 0 Å². The standard InChI is InChI=1S/C18H20N2O3S/c1-2-23-16(21)10-15-11-24-18(19-15)20-17(22)14-8-7-12-5-3-4-6-13(12)9-14/h7-9,11H,2-6,10H2,1H3,(H,19,20,22). The fraction of sp³-hybridized carbons (Fsp3) is 0.389. The molecule has 24 heavy (non-hydrogen) atoms. The van der Waals surface area contributed by atoms with Crippen LogP contribution in [0.2, 0.25) is 0 Å². The molecule has 0 atom stereocenters. The molecule has 0 spiro atoms. The first-order valence-electron chi connectivity index (χ1n) is 8.19. The number of aryl methyl sites for hydroxylation is 2. The number of rotatable bonds is 5. The number of ether oxygens (including phenoxy) is 1. The predicted molar refractivity (Wildman–Crippen MR) is 93.5 cm³/mol. The van der Waals surface area contributed by atoms with Crippen LogP contribution in [0.5, 0.6) is 0 Å². The molecule has 0 radical (unpaired) electrons. The molecule has 1 amide bonds. The number of fused-ring (bicyclic) bond motifs is 1. The lowest BCUT2D eigenvalue weighted by molar-refractivity contribution is -0.142. The van der Waals surface area contributed by atoms with Gasteiger partial charge in [-0.2, -0.15) is 0 Å². The Morgan fingerprint density at radius 1 is 1.25 bits per heavy atom. The van der Waals surface area contributed by atoms with Crippen molar-refractivity contribution in [2.45, 2.75) is 39.0 Å². The van der Waals surface area contributed by atoms with Gasteiger partial charge in [0.1, 0.15) is 0 Å². The van der Waals surface area contributed by atoms with E-state index in [0.29, 0.717) is 23.0 Å². The molecular formula is C18H20N2O3S. The first-order chi connectivity index (χ1) is 11.7. The summed E-state index contributed by atoms with van der Waals surface area (Å²) in [6.45, 7) is 2.12. The third-order valence-electron chi connectivity index (χ3n) is 4.01. The summed E-state index contributed by atoms with van der Waals surface area (Å²) in [6.07, 6.45) is 4.67. The van der Waals surface area contributed by atoms with Crippen molar-refractivity contribution in [2.75, 3.05) is 11.9 Å². The van der Waals surface area contributed by atoms with Crippen molar-refractivity contribution in [3.8, 4) is 0 Å². The van der Waals surface area contributed by atoms with Crippen LogP contribution in [0, 0.1) is 0 Å². The Hall–Kier alpha value is -2.21. The lowest BCUT2D eigenvalue weighted by atomic mass is 9.90. The number of hydrogen-bond donors (Lipinski definition) is 1. The van der Waals surface area contributed by atoms with Gasteiger partial charge in [0.25, 0.3) is 5.91 Å². The molecule has 1 aliphatic carbocycles. The van der Waals surface area contributed by atoms with Crippen molar-refractivity contribution in [3.05, 3.63) is 46.0 Å². The zero-order chi connectivity index (χ0) is 16.9. The molecule has 1 heterocycles. The number of aromatic nitrogens is 1. The summed E-state index contributed by atoms with van der Waals surface area (Å²) in [5, 5.41) is 5.07. The van der Waals surface area contributed by atoms with E-state index in [4.69, 9.17) is 4.74 Å². The van der Waals surface area contributed by atoms with Crippen LogP contribution < -0.4 is 5.32 Å². The van der Waals surface area contributed by atoms with Gasteiger partial charge >= 0.3 is 5.97 Å². The van der Waals surface area contributed by atoms with Gasteiger partial charge in [-0.25, -0.2) is 4.98 Å². The lowest BCUT2D eigenvalue weighted by Crippen LogP contribution is -2.14. The Labute approximate surface area is 145 Å². The maximum absolute atomic E-state index is 12.4. The van der Waals surface area contributed by atoms with Crippen LogP contribution in [0.1, 0.15) is 46.9 Å². The van der Waals surface area contributed by atoms with E-state index in [2.05, 4.69) is 16.4 Å². The van der Waals surface area contributed by atoms with Gasteiger partial charge in [-0.05, 0) is 55.9 Å². The third kappa shape index (κ3) is 4.00. The van der Waals surface area contributed by atoms with Crippen LogP contribution >= 0.6 is 11.3 Å². The summed E-state index contributed by atoms with van der Waals surface area (Å²) in [6, 6.07) is 5.90. The number of carbonyl (C=O) groups excluding carboxylic acids is 2. The van der Waals surface area contributed by atoms with Crippen molar-refractivity contribution in [1.29, 1.82) is 0 Å². The van der Waals surface area contributed by atoms with Crippen LogP contribution in [-0.2, 0) is 28.8 Å². The number of amides is 1. The predicted octanol–water partition coefficient (Wildman–Crippen LogP) is 3.38. The van der Waals surface area contributed by atoms with Gasteiger partial charge in [0.2, 0.25) is 0 Å². The van der Waals surface area contributed by atoms with E-state index in [1.165, 1.54) is 35.3 Å². The number of esters is 1. The number of carbonyl (C=O) groups is 2. The largest absolute Gasteiger partial charge is 0.466 e. The van der Waals surface area contributed by atoms with Crippen molar-refractivity contribution >= 4 is 28.3 Å². The monoisotopic (exact) mass is 344 g/mol. The highest BCUT2D eigenvalue weighted by atomic mass is 32.1. The second-order valence-electron chi connectivity index (χ2n) is 5.77. The number of thiazole rings is 1. The van der Waals surface area contributed by atoms with E-state index in [0.717, 1.165) is 12.8 Å². The Morgan fingerprint density at radius 2 is 2.04 bits per heavy atom. The van der Waals surface area contributed by atoms with Crippen LogP contribution in [0.15, 0.2) is 23.6 Å². The summed E-state index contributed by atoms with van der Waals surface area (Å²) < 4.78 is 4.90. The number of nitrogens with one attached hydrogen (secondary N) is 1. The van der Waals surface area contributed by atoms with E-state index in [1.807, 2.05) is 12.1 Å². The quantitative estimate of drug-likeness (QED) is 0.844. The number of benzene rings is 1. The summed E-state index contributed by atoms with van der Waals surface area (Å²) >= 11 is 1.31. The molecule has 0 aliphatic heterocycles. The van der Waals surface area contributed by atoms with Gasteiger partial charge in [-0.15, -0.1) is 11.3 Å². The smallest absolute Gasteiger partial charge is 0.311 e. The zero-order valence-electron chi connectivity index (χ0n) is 13.6. The Balaban J connectivity index is 1.64. The van der Waals surface area contributed by atoms with Gasteiger partial charge in [0, 0.05) is 10.9 Å². The fourth-order valence-corrected chi connectivity index (χ4v) is 3.55. The van der Waals surface area contributed by atoms with Crippen LogP contribution in [0.4, 0.5) is 5.13 Å². The molecule has 0 bridgehead atoms. The average molecular weight is 344 g/mol. The number of anilines is 1. The van der Waals surface area contributed by atoms with Gasteiger partial charge in [0.15, 0.2) is 5.13 Å². The molecule has 126 valence electrons. The van der Waals surface area contributed by atoms with E-state index in [9.17, 15) is 9.59 Å². The van der Waals surface area contributed by atoms with Gasteiger partial charge in [-0.1, -0.05) is 6.07 Å². The van der Waals surface area contributed by atoms with E-state index in [-0.39, 0.29) is 18.3 Å². The van der Waals surface area contributed by atoms with Crippen molar-refractivity contribution < 1.29 is 14.3 Å². The summed E-state index contributed by atoms with van der Waals surface area (Å²) in [5.41, 5.74) is 3.89. The Morgan fingerprint density at radius 3 is 2.83 bits per heavy atom. The molecule has 1 aromatic carbocycles. The molecule has 0 fully saturated rings. The normalized spacial score (nSPS) is 13.2. The average Bonchev–Trinajstić information content (AvgIpc) is 3.01. The van der Waals surface area contributed by atoms with Gasteiger partial charge < -0.3 is 4.74 Å². The van der Waals surface area contributed by atoms with Crippen molar-refractivity contribution in [3.63, 3.8) is 0 Å². The fourth-order valence-electron chi connectivity index (χ4n) is 2.85. The molecule has 0 saturated carbocycles. The molecule has 1 aliphatic rings. The molecule has 6 heteroatoms. The highest BCUT2D eigenvalue weighted by Crippen LogP contribution is 2.23. The maximum Gasteiger partial charge on any atom is 0.311 e. The van der Waals surface area contributed by atoms with Gasteiger partial charge in [0.05, 0.1) is 18.7 Å². The first kappa shape index (κ1) is 16.6. The number of nitrogens with zero attached hydrogens (tertiary/aromatic N) is 1. The minimum Gasteiger partial charge on any atom is -0.466 e. The van der Waals surface area contributed by atoms with Crippen molar-refractivity contribution in [1.82, 2.24) is 4.98 Å². The minimum atomic E-state index is -0.310. The molecule has 1 aromatic heterocycles. The summed E-state index contributed by atoms with van der Waals surface area (Å²) in [7, 11) is 0.